The Balaban J connectivity index is 1.73. The van der Waals surface area contributed by atoms with Gasteiger partial charge in [-0.25, -0.2) is 0 Å². The van der Waals surface area contributed by atoms with Gasteiger partial charge in [-0.1, -0.05) is 23.8 Å². The van der Waals surface area contributed by atoms with Crippen molar-refractivity contribution in [1.29, 1.82) is 0 Å². The van der Waals surface area contributed by atoms with Crippen molar-refractivity contribution < 1.29 is 9.53 Å². The van der Waals surface area contributed by atoms with Gasteiger partial charge in [0.25, 0.3) is 5.91 Å². The fraction of sp³-hybridized carbons (Fsp3) is 0.368. The average Bonchev–Trinajstić information content (AvgIpc) is 3.12. The summed E-state index contributed by atoms with van der Waals surface area (Å²) < 4.78 is 5.35. The molecule has 1 aromatic heterocycles. The second-order valence-electron chi connectivity index (χ2n) is 6.09. The summed E-state index contributed by atoms with van der Waals surface area (Å²) >= 11 is 0. The third kappa shape index (κ3) is 3.50. The molecule has 1 aliphatic carbocycles. The van der Waals surface area contributed by atoms with E-state index in [1.165, 1.54) is 18.4 Å². The predicted molar refractivity (Wildman–Crippen MR) is 94.1 cm³/mol. The van der Waals surface area contributed by atoms with Crippen LogP contribution in [-0.4, -0.2) is 29.3 Å². The number of methoxy groups -OCH3 is 1. The van der Waals surface area contributed by atoms with Gasteiger partial charge in [-0.2, -0.15) is 5.10 Å². The third-order valence-corrected chi connectivity index (χ3v) is 4.44. The monoisotopic (exact) mass is 325 g/mol. The van der Waals surface area contributed by atoms with Gasteiger partial charge in [0.05, 0.1) is 12.8 Å². The van der Waals surface area contributed by atoms with Crippen molar-refractivity contribution in [2.24, 2.45) is 0 Å². The second-order valence-corrected chi connectivity index (χ2v) is 6.09. The Kier molecular flexibility index (Phi) is 4.99. The molecule has 0 saturated heterocycles. The molecular formula is C19H23N3O2. The van der Waals surface area contributed by atoms with Gasteiger partial charge >= 0.3 is 0 Å². The van der Waals surface area contributed by atoms with Crippen molar-refractivity contribution in [2.75, 3.05) is 7.11 Å². The molecule has 1 aromatic carbocycles. The van der Waals surface area contributed by atoms with Crippen LogP contribution in [0, 0.1) is 0 Å². The van der Waals surface area contributed by atoms with E-state index in [2.05, 4.69) is 21.6 Å². The molecule has 126 valence electrons. The van der Waals surface area contributed by atoms with E-state index in [0.717, 1.165) is 24.2 Å². The van der Waals surface area contributed by atoms with E-state index in [4.69, 9.17) is 4.74 Å². The Morgan fingerprint density at radius 1 is 1.33 bits per heavy atom. The molecule has 3 rings (SSSR count). The Morgan fingerprint density at radius 3 is 2.92 bits per heavy atom. The maximum absolute atomic E-state index is 12.5. The number of amides is 1. The number of para-hydroxylation sites is 1. The number of nitrogens with one attached hydrogen (secondary N) is 2. The standard InChI is InChI=1S/C19H23N3O2/c1-13(14-8-4-3-5-9-14)20-19(23)17-12-16(21-22-17)15-10-6-7-11-18(15)24-2/h6-8,10-13H,3-5,9H2,1-2H3,(H,20,23)(H,21,22)/t13-/m0/s1. The van der Waals surface area contributed by atoms with Crippen molar-refractivity contribution in [3.8, 4) is 17.0 Å². The van der Waals surface area contributed by atoms with Gasteiger partial charge in [0, 0.05) is 11.6 Å². The second kappa shape index (κ2) is 7.34. The number of nitrogens with zero attached hydrogens (tertiary/aromatic N) is 1. The first kappa shape index (κ1) is 16.3. The van der Waals surface area contributed by atoms with Crippen LogP contribution < -0.4 is 10.1 Å². The largest absolute Gasteiger partial charge is 0.496 e. The molecule has 0 spiro atoms. The minimum absolute atomic E-state index is 0.0517. The summed E-state index contributed by atoms with van der Waals surface area (Å²) in [5, 5.41) is 10.1. The molecule has 0 radical (unpaired) electrons. The average molecular weight is 325 g/mol. The molecular weight excluding hydrogens is 302 g/mol. The van der Waals surface area contributed by atoms with Crippen molar-refractivity contribution in [2.45, 2.75) is 38.6 Å². The van der Waals surface area contributed by atoms with Crippen molar-refractivity contribution in [3.05, 3.63) is 47.7 Å². The molecule has 2 N–H and O–H groups in total. The highest BCUT2D eigenvalue weighted by atomic mass is 16.5. The van der Waals surface area contributed by atoms with Gasteiger partial charge < -0.3 is 10.1 Å². The Labute approximate surface area is 142 Å². The zero-order chi connectivity index (χ0) is 16.9. The van der Waals surface area contributed by atoms with E-state index in [9.17, 15) is 4.79 Å². The van der Waals surface area contributed by atoms with Crippen LogP contribution in [0.4, 0.5) is 0 Å². The summed E-state index contributed by atoms with van der Waals surface area (Å²) in [5.74, 6) is 0.597. The fourth-order valence-electron chi connectivity index (χ4n) is 3.06. The first-order valence-corrected chi connectivity index (χ1v) is 8.37. The van der Waals surface area contributed by atoms with E-state index in [0.29, 0.717) is 11.4 Å². The zero-order valence-corrected chi connectivity index (χ0v) is 14.1. The number of aromatic nitrogens is 2. The number of carbonyl (C=O) groups is 1. The first-order valence-electron chi connectivity index (χ1n) is 8.37. The lowest BCUT2D eigenvalue weighted by Gasteiger charge is -2.20. The molecule has 1 heterocycles. The van der Waals surface area contributed by atoms with Crippen LogP contribution in [0.5, 0.6) is 5.75 Å². The minimum atomic E-state index is -0.136. The highest BCUT2D eigenvalue weighted by molar-refractivity contribution is 5.93. The number of hydrogen-bond donors (Lipinski definition) is 2. The maximum Gasteiger partial charge on any atom is 0.269 e. The number of rotatable bonds is 5. The Hall–Kier alpha value is -2.56. The van der Waals surface area contributed by atoms with E-state index < -0.39 is 0 Å². The highest BCUT2D eigenvalue weighted by Gasteiger charge is 2.18. The molecule has 5 heteroatoms. The van der Waals surface area contributed by atoms with Crippen LogP contribution in [0.15, 0.2) is 42.0 Å². The van der Waals surface area contributed by atoms with Gasteiger partial charge in [-0.3, -0.25) is 9.89 Å². The van der Waals surface area contributed by atoms with Gasteiger partial charge in [-0.05, 0) is 50.8 Å². The first-order chi connectivity index (χ1) is 11.7. The lowest BCUT2D eigenvalue weighted by atomic mass is 9.95. The number of hydrogen-bond acceptors (Lipinski definition) is 3. The summed E-state index contributed by atoms with van der Waals surface area (Å²) in [6.07, 6.45) is 6.87. The molecule has 5 nitrogen and oxygen atoms in total. The Bertz CT molecular complexity index is 749. The van der Waals surface area contributed by atoms with Crippen LogP contribution >= 0.6 is 0 Å². The van der Waals surface area contributed by atoms with Crippen LogP contribution in [0.2, 0.25) is 0 Å². The number of ether oxygens (including phenoxy) is 1. The molecule has 0 saturated carbocycles. The van der Waals surface area contributed by atoms with Crippen molar-refractivity contribution in [3.63, 3.8) is 0 Å². The predicted octanol–water partition coefficient (Wildman–Crippen LogP) is 3.70. The summed E-state index contributed by atoms with van der Waals surface area (Å²) in [4.78, 5) is 12.5. The van der Waals surface area contributed by atoms with Crippen LogP contribution in [-0.2, 0) is 0 Å². The molecule has 1 amide bonds. The van der Waals surface area contributed by atoms with Gasteiger partial charge in [0.2, 0.25) is 0 Å². The number of aromatic amines is 1. The molecule has 24 heavy (non-hydrogen) atoms. The highest BCUT2D eigenvalue weighted by Crippen LogP contribution is 2.28. The quantitative estimate of drug-likeness (QED) is 0.824. The third-order valence-electron chi connectivity index (χ3n) is 4.44. The lowest BCUT2D eigenvalue weighted by molar-refractivity contribution is 0.0939. The van der Waals surface area contributed by atoms with Crippen molar-refractivity contribution >= 4 is 5.91 Å². The van der Waals surface area contributed by atoms with E-state index >= 15 is 0 Å². The molecule has 2 aromatic rings. The number of allylic oxidation sites excluding steroid dienone is 1. The molecule has 0 aliphatic heterocycles. The van der Waals surface area contributed by atoms with Gasteiger partial charge in [0.1, 0.15) is 11.4 Å². The summed E-state index contributed by atoms with van der Waals surface area (Å²) in [6, 6.07) is 9.44. The van der Waals surface area contributed by atoms with Crippen molar-refractivity contribution in [1.82, 2.24) is 15.5 Å². The van der Waals surface area contributed by atoms with Gasteiger partial charge in [0.15, 0.2) is 0 Å². The van der Waals surface area contributed by atoms with Crippen LogP contribution in [0.25, 0.3) is 11.3 Å². The lowest BCUT2D eigenvalue weighted by Crippen LogP contribution is -2.34. The zero-order valence-electron chi connectivity index (χ0n) is 14.1. The molecule has 0 fully saturated rings. The number of benzene rings is 1. The number of H-pyrrole nitrogens is 1. The summed E-state index contributed by atoms with van der Waals surface area (Å²) in [5.41, 5.74) is 3.33. The molecule has 1 atom stereocenters. The molecule has 1 aliphatic rings. The van der Waals surface area contributed by atoms with Crippen LogP contribution in [0.1, 0.15) is 43.1 Å². The minimum Gasteiger partial charge on any atom is -0.496 e. The fourth-order valence-corrected chi connectivity index (χ4v) is 3.06. The molecule has 0 bridgehead atoms. The topological polar surface area (TPSA) is 67.0 Å². The van der Waals surface area contributed by atoms with E-state index in [-0.39, 0.29) is 11.9 Å². The van der Waals surface area contributed by atoms with E-state index in [1.807, 2.05) is 31.2 Å². The van der Waals surface area contributed by atoms with E-state index in [1.54, 1.807) is 13.2 Å². The Morgan fingerprint density at radius 2 is 2.17 bits per heavy atom. The summed E-state index contributed by atoms with van der Waals surface area (Å²) in [6.45, 7) is 2.03. The SMILES string of the molecule is COc1ccccc1-c1cc(C(=O)N[C@@H](C)C2=CCCCC2)[nH]n1. The smallest absolute Gasteiger partial charge is 0.269 e. The normalized spacial score (nSPS) is 15.5. The number of carbonyl (C=O) groups excluding carboxylic acids is 1. The summed E-state index contributed by atoms with van der Waals surface area (Å²) in [7, 11) is 1.62. The van der Waals surface area contributed by atoms with Gasteiger partial charge in [-0.15, -0.1) is 0 Å². The maximum atomic E-state index is 12.5. The van der Waals surface area contributed by atoms with Crippen LogP contribution in [0.3, 0.4) is 0 Å². The molecule has 0 unspecified atom stereocenters.